The topological polar surface area (TPSA) is 41.0 Å². The number of aromatic nitrogens is 2. The molecule has 0 aliphatic carbocycles. The highest BCUT2D eigenvalue weighted by Crippen LogP contribution is 2.26. The zero-order valence-electron chi connectivity index (χ0n) is 12.3. The van der Waals surface area contributed by atoms with Crippen LogP contribution >= 0.6 is 0 Å². The zero-order valence-corrected chi connectivity index (χ0v) is 12.3. The number of hydrogen-bond acceptors (Lipinski definition) is 4. The number of nitrogens with one attached hydrogen (secondary N) is 1. The molecule has 1 atom stereocenters. The van der Waals surface area contributed by atoms with Gasteiger partial charge in [0.25, 0.3) is 0 Å². The van der Waals surface area contributed by atoms with Crippen molar-refractivity contribution >= 4 is 16.6 Å². The van der Waals surface area contributed by atoms with E-state index in [1.807, 2.05) is 6.92 Å². The molecule has 3 rings (SSSR count). The van der Waals surface area contributed by atoms with Crippen LogP contribution in [0.5, 0.6) is 0 Å². The largest absolute Gasteiger partial charge is 0.353 e. The van der Waals surface area contributed by atoms with Crippen molar-refractivity contribution in [1.82, 2.24) is 15.5 Å². The molecule has 1 saturated heterocycles. The Morgan fingerprint density at radius 1 is 1.25 bits per heavy atom. The predicted molar refractivity (Wildman–Crippen MR) is 83.2 cm³/mol. The summed E-state index contributed by atoms with van der Waals surface area (Å²) in [5.74, 6) is 1.02. The molecule has 1 N–H and O–H groups in total. The molecule has 20 heavy (non-hydrogen) atoms. The van der Waals surface area contributed by atoms with E-state index < -0.39 is 0 Å². The second kappa shape index (κ2) is 5.75. The monoisotopic (exact) mass is 270 g/mol. The van der Waals surface area contributed by atoms with Gasteiger partial charge in [-0.2, -0.15) is 5.10 Å². The Bertz CT molecular complexity index is 590. The standard InChI is InChI=1S/C16H22N4/c1-3-20(11-13-7-6-10-17-13)16-15-9-5-4-8-14(15)12(2)18-19-16/h4-5,8-9,13,17H,3,6-7,10-11H2,1-2H3. The highest BCUT2D eigenvalue weighted by Gasteiger charge is 2.19. The molecule has 1 aliphatic heterocycles. The Morgan fingerprint density at radius 2 is 2.05 bits per heavy atom. The molecule has 0 bridgehead atoms. The number of nitrogens with zero attached hydrogens (tertiary/aromatic N) is 3. The number of likely N-dealkylation sites (N-methyl/N-ethyl adjacent to an activating group) is 1. The highest BCUT2D eigenvalue weighted by molar-refractivity contribution is 5.93. The fourth-order valence-corrected chi connectivity index (χ4v) is 3.00. The van der Waals surface area contributed by atoms with Gasteiger partial charge in [-0.3, -0.25) is 0 Å². The van der Waals surface area contributed by atoms with Crippen molar-refractivity contribution in [2.75, 3.05) is 24.5 Å². The maximum Gasteiger partial charge on any atom is 0.159 e. The summed E-state index contributed by atoms with van der Waals surface area (Å²) >= 11 is 0. The third-order valence-electron chi connectivity index (χ3n) is 4.14. The lowest BCUT2D eigenvalue weighted by Gasteiger charge is -2.26. The van der Waals surface area contributed by atoms with Crippen molar-refractivity contribution in [2.45, 2.75) is 32.7 Å². The van der Waals surface area contributed by atoms with Crippen LogP contribution in [0.2, 0.25) is 0 Å². The third kappa shape index (κ3) is 2.48. The van der Waals surface area contributed by atoms with E-state index >= 15 is 0 Å². The SMILES string of the molecule is CCN(CC1CCCN1)c1nnc(C)c2ccccc12. The van der Waals surface area contributed by atoms with Gasteiger partial charge in [0.2, 0.25) is 0 Å². The summed E-state index contributed by atoms with van der Waals surface area (Å²) in [6.07, 6.45) is 2.54. The summed E-state index contributed by atoms with van der Waals surface area (Å²) in [5.41, 5.74) is 0.999. The Kier molecular flexibility index (Phi) is 3.83. The molecule has 0 amide bonds. The average Bonchev–Trinajstić information content (AvgIpc) is 2.99. The summed E-state index contributed by atoms with van der Waals surface area (Å²) in [4.78, 5) is 2.34. The van der Waals surface area contributed by atoms with E-state index in [0.717, 1.165) is 31.1 Å². The van der Waals surface area contributed by atoms with Crippen molar-refractivity contribution in [3.05, 3.63) is 30.0 Å². The Labute approximate surface area is 120 Å². The van der Waals surface area contributed by atoms with Crippen LogP contribution in [0.4, 0.5) is 5.82 Å². The van der Waals surface area contributed by atoms with Gasteiger partial charge in [-0.15, -0.1) is 5.10 Å². The predicted octanol–water partition coefficient (Wildman–Crippen LogP) is 2.52. The van der Waals surface area contributed by atoms with Gasteiger partial charge in [0, 0.05) is 29.9 Å². The minimum absolute atomic E-state index is 0.580. The lowest BCUT2D eigenvalue weighted by molar-refractivity contribution is 0.583. The van der Waals surface area contributed by atoms with Gasteiger partial charge in [-0.05, 0) is 33.2 Å². The zero-order chi connectivity index (χ0) is 13.9. The number of anilines is 1. The van der Waals surface area contributed by atoms with Crippen molar-refractivity contribution in [2.24, 2.45) is 0 Å². The number of benzene rings is 1. The molecular formula is C16H22N4. The Morgan fingerprint density at radius 3 is 2.75 bits per heavy atom. The van der Waals surface area contributed by atoms with E-state index in [1.54, 1.807) is 0 Å². The van der Waals surface area contributed by atoms with Crippen molar-refractivity contribution in [3.63, 3.8) is 0 Å². The van der Waals surface area contributed by atoms with Gasteiger partial charge in [0.05, 0.1) is 5.69 Å². The molecule has 1 aromatic carbocycles. The fraction of sp³-hybridized carbons (Fsp3) is 0.500. The average molecular weight is 270 g/mol. The maximum atomic E-state index is 4.47. The van der Waals surface area contributed by atoms with Crippen LogP contribution in [0.3, 0.4) is 0 Å². The molecule has 1 aliphatic rings. The van der Waals surface area contributed by atoms with Crippen LogP contribution in [0, 0.1) is 6.92 Å². The van der Waals surface area contributed by atoms with E-state index in [2.05, 4.69) is 51.6 Å². The van der Waals surface area contributed by atoms with Crippen molar-refractivity contribution in [3.8, 4) is 0 Å². The molecule has 1 unspecified atom stereocenters. The van der Waals surface area contributed by atoms with E-state index in [4.69, 9.17) is 0 Å². The first-order valence-corrected chi connectivity index (χ1v) is 7.50. The molecule has 0 spiro atoms. The van der Waals surface area contributed by atoms with E-state index in [0.29, 0.717) is 6.04 Å². The molecule has 1 fully saturated rings. The minimum atomic E-state index is 0.580. The lowest BCUT2D eigenvalue weighted by Crippen LogP contribution is -2.38. The molecule has 4 heteroatoms. The summed E-state index contributed by atoms with van der Waals surface area (Å²) < 4.78 is 0. The maximum absolute atomic E-state index is 4.47. The van der Waals surface area contributed by atoms with Gasteiger partial charge in [0.1, 0.15) is 0 Å². The summed E-state index contributed by atoms with van der Waals surface area (Å²) in [6, 6.07) is 9.00. The number of fused-ring (bicyclic) bond motifs is 1. The van der Waals surface area contributed by atoms with Crippen molar-refractivity contribution < 1.29 is 0 Å². The third-order valence-corrected chi connectivity index (χ3v) is 4.14. The Hall–Kier alpha value is -1.68. The van der Waals surface area contributed by atoms with Gasteiger partial charge in [-0.25, -0.2) is 0 Å². The van der Waals surface area contributed by atoms with Crippen LogP contribution in [-0.2, 0) is 0 Å². The highest BCUT2D eigenvalue weighted by atomic mass is 15.3. The van der Waals surface area contributed by atoms with E-state index in [1.165, 1.54) is 23.6 Å². The second-order valence-corrected chi connectivity index (χ2v) is 5.49. The smallest absolute Gasteiger partial charge is 0.159 e. The molecule has 2 heterocycles. The summed E-state index contributed by atoms with van der Waals surface area (Å²) in [7, 11) is 0. The lowest BCUT2D eigenvalue weighted by atomic mass is 10.1. The molecule has 4 nitrogen and oxygen atoms in total. The number of rotatable bonds is 4. The first-order chi connectivity index (χ1) is 9.79. The van der Waals surface area contributed by atoms with Crippen LogP contribution in [0.15, 0.2) is 24.3 Å². The van der Waals surface area contributed by atoms with Crippen molar-refractivity contribution in [1.29, 1.82) is 0 Å². The molecule has 1 aromatic heterocycles. The summed E-state index contributed by atoms with van der Waals surface area (Å²) in [5, 5.41) is 14.8. The van der Waals surface area contributed by atoms with Crippen LogP contribution in [0.1, 0.15) is 25.5 Å². The second-order valence-electron chi connectivity index (χ2n) is 5.49. The Balaban J connectivity index is 1.96. The van der Waals surface area contributed by atoms with E-state index in [9.17, 15) is 0 Å². The van der Waals surface area contributed by atoms with Gasteiger partial charge in [-0.1, -0.05) is 24.3 Å². The van der Waals surface area contributed by atoms with Crippen LogP contribution in [-0.4, -0.2) is 35.9 Å². The van der Waals surface area contributed by atoms with Crippen LogP contribution < -0.4 is 10.2 Å². The first-order valence-electron chi connectivity index (χ1n) is 7.50. The van der Waals surface area contributed by atoms with Gasteiger partial charge in [0.15, 0.2) is 5.82 Å². The van der Waals surface area contributed by atoms with Crippen LogP contribution in [0.25, 0.3) is 10.8 Å². The number of aryl methyl sites for hydroxylation is 1. The molecule has 0 radical (unpaired) electrons. The quantitative estimate of drug-likeness (QED) is 0.927. The van der Waals surface area contributed by atoms with E-state index in [-0.39, 0.29) is 0 Å². The fourth-order valence-electron chi connectivity index (χ4n) is 3.00. The van der Waals surface area contributed by atoms with Gasteiger partial charge < -0.3 is 10.2 Å². The summed E-state index contributed by atoms with van der Waals surface area (Å²) in [6.45, 7) is 7.32. The first kappa shape index (κ1) is 13.3. The molecular weight excluding hydrogens is 248 g/mol. The number of hydrogen-bond donors (Lipinski definition) is 1. The molecule has 0 saturated carbocycles. The molecule has 2 aromatic rings. The molecule has 106 valence electrons. The minimum Gasteiger partial charge on any atom is -0.353 e. The normalized spacial score (nSPS) is 18.6. The van der Waals surface area contributed by atoms with Gasteiger partial charge >= 0.3 is 0 Å².